The molecule has 2 rings (SSSR count). The molecule has 0 fully saturated rings. The van der Waals surface area contributed by atoms with Crippen LogP contribution < -0.4 is 10.5 Å². The van der Waals surface area contributed by atoms with Crippen LogP contribution in [0.3, 0.4) is 0 Å². The van der Waals surface area contributed by atoms with Crippen LogP contribution in [-0.4, -0.2) is 0 Å². The summed E-state index contributed by atoms with van der Waals surface area (Å²) in [5.74, 6) is 0.593. The van der Waals surface area contributed by atoms with Crippen molar-refractivity contribution in [2.24, 2.45) is 5.73 Å². The maximum absolute atomic E-state index is 12.8. The Morgan fingerprint density at radius 2 is 1.84 bits per heavy atom. The fourth-order valence-electron chi connectivity index (χ4n) is 1.86. The zero-order valence-electron chi connectivity index (χ0n) is 11.2. The van der Waals surface area contributed by atoms with Gasteiger partial charge in [-0.2, -0.15) is 0 Å². The van der Waals surface area contributed by atoms with Crippen molar-refractivity contribution < 1.29 is 9.13 Å². The number of benzene rings is 2. The van der Waals surface area contributed by atoms with Gasteiger partial charge < -0.3 is 10.5 Å². The maximum Gasteiger partial charge on any atom is 0.123 e. The van der Waals surface area contributed by atoms with Gasteiger partial charge >= 0.3 is 0 Å². The first-order valence-corrected chi connectivity index (χ1v) is 6.29. The zero-order valence-corrected chi connectivity index (χ0v) is 11.2. The van der Waals surface area contributed by atoms with Crippen molar-refractivity contribution in [3.63, 3.8) is 0 Å². The van der Waals surface area contributed by atoms with Crippen LogP contribution in [-0.2, 0) is 6.61 Å². The Bertz CT molecular complexity index is 549. The minimum atomic E-state index is -0.235. The van der Waals surface area contributed by atoms with E-state index in [0.29, 0.717) is 6.61 Å². The lowest BCUT2D eigenvalue weighted by Crippen LogP contribution is -2.05. The van der Waals surface area contributed by atoms with Gasteiger partial charge in [0.2, 0.25) is 0 Å². The van der Waals surface area contributed by atoms with E-state index in [4.69, 9.17) is 10.5 Å². The average Bonchev–Trinajstić information content (AvgIpc) is 2.39. The number of ether oxygens (including phenoxy) is 1. The molecule has 3 heteroatoms. The topological polar surface area (TPSA) is 35.2 Å². The van der Waals surface area contributed by atoms with Crippen molar-refractivity contribution in [3.8, 4) is 5.75 Å². The van der Waals surface area contributed by atoms with Crippen LogP contribution in [0.25, 0.3) is 0 Å². The highest BCUT2D eigenvalue weighted by Gasteiger charge is 2.04. The van der Waals surface area contributed by atoms with E-state index in [1.54, 1.807) is 12.1 Å². The summed E-state index contributed by atoms with van der Waals surface area (Å²) in [6.07, 6.45) is 0. The minimum absolute atomic E-state index is 0.0184. The molecule has 19 heavy (non-hydrogen) atoms. The molecular weight excluding hydrogens is 241 g/mol. The molecule has 0 aliphatic carbocycles. The third-order valence-electron chi connectivity index (χ3n) is 3.03. The molecule has 2 aromatic carbocycles. The molecule has 0 saturated heterocycles. The van der Waals surface area contributed by atoms with Gasteiger partial charge in [0.05, 0.1) is 0 Å². The first-order chi connectivity index (χ1) is 9.06. The van der Waals surface area contributed by atoms with Crippen molar-refractivity contribution in [2.75, 3.05) is 0 Å². The van der Waals surface area contributed by atoms with E-state index in [2.05, 4.69) is 0 Å². The molecule has 0 bridgehead atoms. The second kappa shape index (κ2) is 5.85. The molecule has 0 unspecified atom stereocenters. The van der Waals surface area contributed by atoms with Gasteiger partial charge in [-0.1, -0.05) is 24.3 Å². The van der Waals surface area contributed by atoms with Gasteiger partial charge in [0, 0.05) is 6.04 Å². The standard InChI is InChI=1S/C16H18FNO/c1-11-9-14(12(2)18)5-8-16(11)19-10-13-3-6-15(17)7-4-13/h3-9,12H,10,18H2,1-2H3/t12-/m1/s1. The van der Waals surface area contributed by atoms with E-state index in [0.717, 1.165) is 22.4 Å². The zero-order chi connectivity index (χ0) is 13.8. The molecule has 0 aliphatic heterocycles. The van der Waals surface area contributed by atoms with Crippen LogP contribution in [0.5, 0.6) is 5.75 Å². The number of hydrogen-bond acceptors (Lipinski definition) is 2. The van der Waals surface area contributed by atoms with E-state index >= 15 is 0 Å². The highest BCUT2D eigenvalue weighted by atomic mass is 19.1. The number of aryl methyl sites for hydroxylation is 1. The van der Waals surface area contributed by atoms with E-state index < -0.39 is 0 Å². The lowest BCUT2D eigenvalue weighted by atomic mass is 10.1. The third kappa shape index (κ3) is 3.55. The summed E-state index contributed by atoms with van der Waals surface area (Å²) in [6, 6.07) is 12.3. The smallest absolute Gasteiger partial charge is 0.123 e. The summed E-state index contributed by atoms with van der Waals surface area (Å²) in [5.41, 5.74) is 8.92. The fraction of sp³-hybridized carbons (Fsp3) is 0.250. The summed E-state index contributed by atoms with van der Waals surface area (Å²) < 4.78 is 18.5. The van der Waals surface area contributed by atoms with Crippen LogP contribution in [0, 0.1) is 12.7 Å². The second-order valence-electron chi connectivity index (χ2n) is 4.73. The van der Waals surface area contributed by atoms with Gasteiger partial charge in [-0.25, -0.2) is 4.39 Å². The third-order valence-corrected chi connectivity index (χ3v) is 3.03. The molecule has 0 aromatic heterocycles. The molecule has 100 valence electrons. The Labute approximate surface area is 113 Å². The van der Waals surface area contributed by atoms with Gasteiger partial charge in [-0.05, 0) is 48.7 Å². The van der Waals surface area contributed by atoms with Crippen molar-refractivity contribution >= 4 is 0 Å². The van der Waals surface area contributed by atoms with Crippen molar-refractivity contribution in [2.45, 2.75) is 26.5 Å². The average molecular weight is 259 g/mol. The Kier molecular flexibility index (Phi) is 4.17. The lowest BCUT2D eigenvalue weighted by Gasteiger charge is -2.12. The molecule has 2 N–H and O–H groups in total. The van der Waals surface area contributed by atoms with Crippen molar-refractivity contribution in [3.05, 3.63) is 65.0 Å². The summed E-state index contributed by atoms with van der Waals surface area (Å²) in [5, 5.41) is 0. The molecule has 1 atom stereocenters. The first-order valence-electron chi connectivity index (χ1n) is 6.29. The SMILES string of the molecule is Cc1cc([C@@H](C)N)ccc1OCc1ccc(F)cc1. The lowest BCUT2D eigenvalue weighted by molar-refractivity contribution is 0.304. The van der Waals surface area contributed by atoms with Crippen molar-refractivity contribution in [1.29, 1.82) is 0 Å². The van der Waals surface area contributed by atoms with E-state index in [-0.39, 0.29) is 11.9 Å². The summed E-state index contributed by atoms with van der Waals surface area (Å²) in [6.45, 7) is 4.37. The molecule has 2 nitrogen and oxygen atoms in total. The normalized spacial score (nSPS) is 12.2. The summed E-state index contributed by atoms with van der Waals surface area (Å²) in [4.78, 5) is 0. The second-order valence-corrected chi connectivity index (χ2v) is 4.73. The Morgan fingerprint density at radius 3 is 2.42 bits per heavy atom. The number of rotatable bonds is 4. The molecule has 2 aromatic rings. The minimum Gasteiger partial charge on any atom is -0.489 e. The largest absolute Gasteiger partial charge is 0.489 e. The Balaban J connectivity index is 2.05. The molecule has 0 amide bonds. The summed E-state index contributed by atoms with van der Waals surface area (Å²) >= 11 is 0. The quantitative estimate of drug-likeness (QED) is 0.908. The Hall–Kier alpha value is -1.87. The predicted octanol–water partition coefficient (Wildman–Crippen LogP) is 3.73. The Morgan fingerprint density at radius 1 is 1.16 bits per heavy atom. The molecular formula is C16H18FNO. The van der Waals surface area contributed by atoms with Crippen LogP contribution >= 0.6 is 0 Å². The highest BCUT2D eigenvalue weighted by Crippen LogP contribution is 2.22. The van der Waals surface area contributed by atoms with Crippen LogP contribution in [0.1, 0.15) is 29.7 Å². The van der Waals surface area contributed by atoms with Crippen LogP contribution in [0.2, 0.25) is 0 Å². The van der Waals surface area contributed by atoms with E-state index in [9.17, 15) is 4.39 Å². The molecule has 0 heterocycles. The molecule has 0 spiro atoms. The van der Waals surface area contributed by atoms with Gasteiger partial charge in [0.25, 0.3) is 0 Å². The number of hydrogen-bond donors (Lipinski definition) is 1. The summed E-state index contributed by atoms with van der Waals surface area (Å²) in [7, 11) is 0. The monoisotopic (exact) mass is 259 g/mol. The van der Waals surface area contributed by atoms with Crippen LogP contribution in [0.15, 0.2) is 42.5 Å². The fourth-order valence-corrected chi connectivity index (χ4v) is 1.86. The highest BCUT2D eigenvalue weighted by molar-refractivity contribution is 5.37. The van der Waals surface area contributed by atoms with Gasteiger partial charge in [-0.3, -0.25) is 0 Å². The van der Waals surface area contributed by atoms with E-state index in [1.807, 2.05) is 32.0 Å². The first kappa shape index (κ1) is 13.6. The van der Waals surface area contributed by atoms with E-state index in [1.165, 1.54) is 12.1 Å². The van der Waals surface area contributed by atoms with Gasteiger partial charge in [0.15, 0.2) is 0 Å². The van der Waals surface area contributed by atoms with Gasteiger partial charge in [0.1, 0.15) is 18.2 Å². The number of nitrogens with two attached hydrogens (primary N) is 1. The molecule has 0 aliphatic rings. The van der Waals surface area contributed by atoms with Crippen LogP contribution in [0.4, 0.5) is 4.39 Å². The predicted molar refractivity (Wildman–Crippen MR) is 74.5 cm³/mol. The number of halogens is 1. The maximum atomic E-state index is 12.8. The molecule has 0 saturated carbocycles. The molecule has 0 radical (unpaired) electrons. The van der Waals surface area contributed by atoms with Crippen molar-refractivity contribution in [1.82, 2.24) is 0 Å². The van der Waals surface area contributed by atoms with Gasteiger partial charge in [-0.15, -0.1) is 0 Å².